The predicted octanol–water partition coefficient (Wildman–Crippen LogP) is 3.67. The van der Waals surface area contributed by atoms with Gasteiger partial charge >= 0.3 is 17.8 Å². The predicted molar refractivity (Wildman–Crippen MR) is 116 cm³/mol. The third-order valence-corrected chi connectivity index (χ3v) is 4.95. The van der Waals surface area contributed by atoms with E-state index in [1.54, 1.807) is 41.8 Å². The van der Waals surface area contributed by atoms with E-state index >= 15 is 0 Å². The number of carbonyl (C=O) groups excluding carboxylic acids is 3. The van der Waals surface area contributed by atoms with Crippen molar-refractivity contribution in [2.75, 3.05) is 5.32 Å². The number of ether oxygens (including phenoxy) is 1. The number of hydrogen-bond acceptors (Lipinski definition) is 6. The lowest BCUT2D eigenvalue weighted by atomic mass is 10.1. The zero-order chi connectivity index (χ0) is 21.5. The van der Waals surface area contributed by atoms with Crippen LogP contribution < -0.4 is 15.5 Å². The molecule has 8 heteroatoms. The number of benzene rings is 2. The molecule has 0 bridgehead atoms. The van der Waals surface area contributed by atoms with Crippen LogP contribution in [0, 0.1) is 13.8 Å². The molecule has 0 unspecified atom stereocenters. The van der Waals surface area contributed by atoms with Gasteiger partial charge in [0, 0.05) is 5.69 Å². The molecule has 2 amide bonds. The van der Waals surface area contributed by atoms with E-state index in [0.29, 0.717) is 21.9 Å². The molecule has 152 valence electrons. The topological polar surface area (TPSA) is 96.9 Å². The first-order chi connectivity index (χ1) is 14.4. The smallest absolute Gasteiger partial charge is 0.353 e. The number of nitrogens with zero attached hydrogens (tertiary/aromatic N) is 1. The minimum atomic E-state index is -0.894. The monoisotopic (exact) mass is 421 g/mol. The highest BCUT2D eigenvalue weighted by atomic mass is 32.1. The summed E-state index contributed by atoms with van der Waals surface area (Å²) in [6.45, 7) is 3.69. The quantitative estimate of drug-likeness (QED) is 0.216. The number of thiophene rings is 1. The van der Waals surface area contributed by atoms with Crippen LogP contribution in [0.25, 0.3) is 0 Å². The molecular weight excluding hydrogens is 402 g/mol. The first-order valence-corrected chi connectivity index (χ1v) is 9.88. The average Bonchev–Trinajstić information content (AvgIpc) is 3.26. The van der Waals surface area contributed by atoms with Gasteiger partial charge in [0.1, 0.15) is 10.6 Å². The van der Waals surface area contributed by atoms with E-state index in [-0.39, 0.29) is 0 Å². The molecule has 0 radical (unpaired) electrons. The molecule has 30 heavy (non-hydrogen) atoms. The van der Waals surface area contributed by atoms with Gasteiger partial charge < -0.3 is 10.1 Å². The highest BCUT2D eigenvalue weighted by molar-refractivity contribution is 7.12. The Balaban J connectivity index is 1.57. The van der Waals surface area contributed by atoms with Crippen LogP contribution in [0.4, 0.5) is 5.69 Å². The van der Waals surface area contributed by atoms with Crippen molar-refractivity contribution in [3.63, 3.8) is 0 Å². The summed E-state index contributed by atoms with van der Waals surface area (Å²) < 4.78 is 5.31. The number of rotatable bonds is 5. The first kappa shape index (κ1) is 20.9. The highest BCUT2D eigenvalue weighted by Crippen LogP contribution is 2.19. The van der Waals surface area contributed by atoms with Gasteiger partial charge in [0.05, 0.1) is 6.21 Å². The number of carbonyl (C=O) groups is 3. The van der Waals surface area contributed by atoms with E-state index in [4.69, 9.17) is 4.74 Å². The molecule has 0 aliphatic carbocycles. The van der Waals surface area contributed by atoms with Crippen molar-refractivity contribution in [2.45, 2.75) is 13.8 Å². The first-order valence-electron chi connectivity index (χ1n) is 9.00. The second-order valence-corrected chi connectivity index (χ2v) is 7.31. The van der Waals surface area contributed by atoms with Crippen LogP contribution in [0.3, 0.4) is 0 Å². The summed E-state index contributed by atoms with van der Waals surface area (Å²) in [5.41, 5.74) is 5.08. The zero-order valence-corrected chi connectivity index (χ0v) is 17.2. The van der Waals surface area contributed by atoms with Gasteiger partial charge in [-0.1, -0.05) is 36.4 Å². The zero-order valence-electron chi connectivity index (χ0n) is 16.3. The molecule has 0 atom stereocenters. The van der Waals surface area contributed by atoms with Crippen molar-refractivity contribution >= 4 is 41.0 Å². The number of anilines is 1. The van der Waals surface area contributed by atoms with Gasteiger partial charge in [-0.25, -0.2) is 10.2 Å². The fourth-order valence-corrected chi connectivity index (χ4v) is 3.21. The van der Waals surface area contributed by atoms with Crippen LogP contribution in [0.15, 0.2) is 65.1 Å². The standard InChI is InChI=1S/C22H19N3O4S/c1-14-6-3-7-15(2)19(14)24-20(26)21(27)25-23-13-16-8-4-9-17(12-16)29-22(28)18-10-5-11-30-18/h3-13H,1-2H3,(H,24,26)(H,25,27). The Kier molecular flexibility index (Phi) is 6.71. The molecule has 1 aromatic heterocycles. The maximum absolute atomic E-state index is 12.1. The minimum absolute atomic E-state index is 0.344. The number of para-hydroxylation sites is 1. The molecule has 0 saturated carbocycles. The lowest BCUT2D eigenvalue weighted by Crippen LogP contribution is -2.32. The molecule has 1 heterocycles. The Hall–Kier alpha value is -3.78. The summed E-state index contributed by atoms with van der Waals surface area (Å²) >= 11 is 1.29. The number of aryl methyl sites for hydroxylation is 2. The average molecular weight is 421 g/mol. The summed E-state index contributed by atoms with van der Waals surface area (Å²) in [6.07, 6.45) is 1.35. The third-order valence-electron chi connectivity index (χ3n) is 4.10. The van der Waals surface area contributed by atoms with Crippen LogP contribution in [0.1, 0.15) is 26.4 Å². The van der Waals surface area contributed by atoms with Crippen molar-refractivity contribution in [1.82, 2.24) is 5.43 Å². The molecule has 3 rings (SSSR count). The summed E-state index contributed by atoms with van der Waals surface area (Å²) in [5, 5.41) is 8.18. The minimum Gasteiger partial charge on any atom is -0.422 e. The summed E-state index contributed by atoms with van der Waals surface area (Å²) in [7, 11) is 0. The lowest BCUT2D eigenvalue weighted by molar-refractivity contribution is -0.136. The normalized spacial score (nSPS) is 10.6. The maximum Gasteiger partial charge on any atom is 0.353 e. The van der Waals surface area contributed by atoms with Crippen molar-refractivity contribution in [3.05, 3.63) is 81.5 Å². The molecule has 0 aliphatic heterocycles. The summed E-state index contributed by atoms with van der Waals surface area (Å²) in [4.78, 5) is 36.6. The van der Waals surface area contributed by atoms with Crippen LogP contribution in [-0.2, 0) is 9.59 Å². The highest BCUT2D eigenvalue weighted by Gasteiger charge is 2.15. The summed E-state index contributed by atoms with van der Waals surface area (Å²) in [5.74, 6) is -1.82. The number of hydrogen-bond donors (Lipinski definition) is 2. The SMILES string of the molecule is Cc1cccc(C)c1NC(=O)C(=O)NN=Cc1cccc(OC(=O)c2cccs2)c1. The number of nitrogens with one attached hydrogen (secondary N) is 2. The lowest BCUT2D eigenvalue weighted by Gasteiger charge is -2.10. The summed E-state index contributed by atoms with van der Waals surface area (Å²) in [6, 6.07) is 15.6. The van der Waals surface area contributed by atoms with E-state index in [0.717, 1.165) is 11.1 Å². The van der Waals surface area contributed by atoms with Gasteiger partial charge in [-0.15, -0.1) is 11.3 Å². The van der Waals surface area contributed by atoms with Gasteiger partial charge in [-0.3, -0.25) is 9.59 Å². The van der Waals surface area contributed by atoms with E-state index in [1.807, 2.05) is 32.0 Å². The third kappa shape index (κ3) is 5.39. The van der Waals surface area contributed by atoms with Crippen molar-refractivity contribution in [2.24, 2.45) is 5.10 Å². The Morgan fingerprint density at radius 3 is 2.40 bits per heavy atom. The Bertz CT molecular complexity index is 1090. The Labute approximate surface area is 177 Å². The van der Waals surface area contributed by atoms with Crippen LogP contribution in [0.2, 0.25) is 0 Å². The van der Waals surface area contributed by atoms with Crippen LogP contribution in [-0.4, -0.2) is 24.0 Å². The van der Waals surface area contributed by atoms with Crippen molar-refractivity contribution in [1.29, 1.82) is 0 Å². The van der Waals surface area contributed by atoms with Crippen molar-refractivity contribution < 1.29 is 19.1 Å². The molecule has 0 fully saturated rings. The van der Waals surface area contributed by atoms with Crippen molar-refractivity contribution in [3.8, 4) is 5.75 Å². The van der Waals surface area contributed by atoms with Crippen LogP contribution >= 0.6 is 11.3 Å². The molecule has 2 aromatic carbocycles. The molecule has 0 saturated heterocycles. The molecular formula is C22H19N3O4S. The number of hydrazone groups is 1. The molecule has 0 spiro atoms. The van der Waals surface area contributed by atoms with Gasteiger partial charge in [0.25, 0.3) is 0 Å². The molecule has 3 aromatic rings. The number of amides is 2. The molecule has 2 N–H and O–H groups in total. The molecule has 0 aliphatic rings. The number of esters is 1. The fourth-order valence-electron chi connectivity index (χ4n) is 2.61. The second kappa shape index (κ2) is 9.62. The van der Waals surface area contributed by atoms with Gasteiger partial charge in [0.15, 0.2) is 0 Å². The second-order valence-electron chi connectivity index (χ2n) is 6.36. The Morgan fingerprint density at radius 2 is 1.70 bits per heavy atom. The van der Waals surface area contributed by atoms with Gasteiger partial charge in [-0.05, 0) is 54.1 Å². The maximum atomic E-state index is 12.1. The van der Waals surface area contributed by atoms with Gasteiger partial charge in [0.2, 0.25) is 0 Å². The fraction of sp³-hybridized carbons (Fsp3) is 0.0909. The van der Waals surface area contributed by atoms with E-state index in [2.05, 4.69) is 15.8 Å². The van der Waals surface area contributed by atoms with Gasteiger partial charge in [-0.2, -0.15) is 5.10 Å². The van der Waals surface area contributed by atoms with E-state index < -0.39 is 17.8 Å². The largest absolute Gasteiger partial charge is 0.422 e. The van der Waals surface area contributed by atoms with E-state index in [9.17, 15) is 14.4 Å². The van der Waals surface area contributed by atoms with E-state index in [1.165, 1.54) is 17.6 Å². The molecule has 7 nitrogen and oxygen atoms in total. The Morgan fingerprint density at radius 1 is 0.967 bits per heavy atom. The van der Waals surface area contributed by atoms with Crippen LogP contribution in [0.5, 0.6) is 5.75 Å².